The lowest BCUT2D eigenvalue weighted by Crippen LogP contribution is -2.21. The summed E-state index contributed by atoms with van der Waals surface area (Å²) in [5.41, 5.74) is 2.04. The summed E-state index contributed by atoms with van der Waals surface area (Å²) in [7, 11) is 0. The first kappa shape index (κ1) is 18.5. The number of hydrogen-bond acceptors (Lipinski definition) is 3. The van der Waals surface area contributed by atoms with Gasteiger partial charge in [0.25, 0.3) is 0 Å². The van der Waals surface area contributed by atoms with Gasteiger partial charge in [0.05, 0.1) is 21.7 Å². The van der Waals surface area contributed by atoms with E-state index in [1.807, 2.05) is 42.5 Å². The van der Waals surface area contributed by atoms with Gasteiger partial charge in [0.15, 0.2) is 0 Å². The predicted molar refractivity (Wildman–Crippen MR) is 101 cm³/mol. The molecule has 0 radical (unpaired) electrons. The van der Waals surface area contributed by atoms with Crippen LogP contribution in [0.2, 0.25) is 0 Å². The summed E-state index contributed by atoms with van der Waals surface area (Å²) in [6.07, 6.45) is 0.467. The number of benzene rings is 2. The SMILES string of the molecule is CCCOc1c(Br)cc(CNCC(O)c2ccccc2)cc1Br. The van der Waals surface area contributed by atoms with E-state index in [1.54, 1.807) is 0 Å². The molecular weight excluding hydrogens is 422 g/mol. The van der Waals surface area contributed by atoms with Crippen LogP contribution in [0.5, 0.6) is 5.75 Å². The molecule has 0 saturated heterocycles. The second-order valence-electron chi connectivity index (χ2n) is 5.29. The van der Waals surface area contributed by atoms with Gasteiger partial charge in [-0.25, -0.2) is 0 Å². The Labute approximate surface area is 154 Å². The van der Waals surface area contributed by atoms with E-state index in [2.05, 4.69) is 44.1 Å². The molecule has 23 heavy (non-hydrogen) atoms. The minimum Gasteiger partial charge on any atom is -0.491 e. The number of rotatable bonds is 8. The maximum atomic E-state index is 10.1. The van der Waals surface area contributed by atoms with Crippen molar-refractivity contribution in [3.8, 4) is 5.75 Å². The van der Waals surface area contributed by atoms with Crippen molar-refractivity contribution in [1.29, 1.82) is 0 Å². The van der Waals surface area contributed by atoms with Crippen molar-refractivity contribution in [3.63, 3.8) is 0 Å². The fourth-order valence-corrected chi connectivity index (χ4v) is 3.71. The van der Waals surface area contributed by atoms with Gasteiger partial charge < -0.3 is 15.2 Å². The van der Waals surface area contributed by atoms with Gasteiger partial charge in [0.2, 0.25) is 0 Å². The third-order valence-corrected chi connectivity index (χ3v) is 4.54. The maximum Gasteiger partial charge on any atom is 0.147 e. The highest BCUT2D eigenvalue weighted by molar-refractivity contribution is 9.11. The topological polar surface area (TPSA) is 41.5 Å². The lowest BCUT2D eigenvalue weighted by atomic mass is 10.1. The van der Waals surface area contributed by atoms with Crippen LogP contribution < -0.4 is 10.1 Å². The first-order valence-corrected chi connectivity index (χ1v) is 9.25. The van der Waals surface area contributed by atoms with Gasteiger partial charge in [-0.05, 0) is 61.5 Å². The van der Waals surface area contributed by atoms with Crippen molar-refractivity contribution in [2.45, 2.75) is 26.0 Å². The highest BCUT2D eigenvalue weighted by Crippen LogP contribution is 2.34. The molecule has 0 fully saturated rings. The number of hydrogen-bond donors (Lipinski definition) is 2. The van der Waals surface area contributed by atoms with E-state index in [0.717, 1.165) is 32.2 Å². The summed E-state index contributed by atoms with van der Waals surface area (Å²) in [5.74, 6) is 0.833. The van der Waals surface area contributed by atoms with Gasteiger partial charge in [-0.1, -0.05) is 37.3 Å². The molecule has 0 bridgehead atoms. The number of halogens is 2. The minimum atomic E-state index is -0.504. The van der Waals surface area contributed by atoms with Crippen LogP contribution in [0.1, 0.15) is 30.6 Å². The normalized spacial score (nSPS) is 12.2. The molecule has 2 aromatic carbocycles. The molecule has 124 valence electrons. The Bertz CT molecular complexity index is 597. The number of nitrogens with one attached hydrogen (secondary N) is 1. The van der Waals surface area contributed by atoms with Crippen molar-refractivity contribution in [2.75, 3.05) is 13.2 Å². The van der Waals surface area contributed by atoms with Gasteiger partial charge in [-0.15, -0.1) is 0 Å². The average molecular weight is 443 g/mol. The Morgan fingerprint density at radius 2 is 1.78 bits per heavy atom. The molecule has 1 unspecified atom stereocenters. The molecular formula is C18H21Br2NO2. The maximum absolute atomic E-state index is 10.1. The summed E-state index contributed by atoms with van der Waals surface area (Å²) in [6.45, 7) is 3.96. The van der Waals surface area contributed by atoms with Crippen molar-refractivity contribution >= 4 is 31.9 Å². The van der Waals surface area contributed by atoms with Gasteiger partial charge in [0.1, 0.15) is 5.75 Å². The molecule has 0 saturated carbocycles. The lowest BCUT2D eigenvalue weighted by molar-refractivity contribution is 0.174. The first-order valence-electron chi connectivity index (χ1n) is 7.66. The van der Waals surface area contributed by atoms with Crippen molar-refractivity contribution in [2.24, 2.45) is 0 Å². The second kappa shape index (κ2) is 9.42. The molecule has 0 aliphatic carbocycles. The van der Waals surface area contributed by atoms with Crippen LogP contribution in [0.3, 0.4) is 0 Å². The Morgan fingerprint density at radius 3 is 2.39 bits per heavy atom. The zero-order chi connectivity index (χ0) is 16.7. The molecule has 0 heterocycles. The van der Waals surface area contributed by atoms with E-state index < -0.39 is 6.10 Å². The Hall–Kier alpha value is -0.880. The Balaban J connectivity index is 1.91. The molecule has 3 nitrogen and oxygen atoms in total. The zero-order valence-corrected chi connectivity index (χ0v) is 16.2. The van der Waals surface area contributed by atoms with Gasteiger partial charge >= 0.3 is 0 Å². The van der Waals surface area contributed by atoms with Crippen molar-refractivity contribution in [1.82, 2.24) is 5.32 Å². The summed E-state index contributed by atoms with van der Waals surface area (Å²) in [4.78, 5) is 0. The number of aliphatic hydroxyl groups excluding tert-OH is 1. The second-order valence-corrected chi connectivity index (χ2v) is 7.00. The quantitative estimate of drug-likeness (QED) is 0.615. The van der Waals surface area contributed by atoms with Crippen LogP contribution in [-0.2, 0) is 6.54 Å². The van der Waals surface area contributed by atoms with Crippen LogP contribution in [0, 0.1) is 0 Å². The number of ether oxygens (including phenoxy) is 1. The molecule has 5 heteroatoms. The molecule has 0 aromatic heterocycles. The van der Waals surface area contributed by atoms with E-state index in [0.29, 0.717) is 19.7 Å². The van der Waals surface area contributed by atoms with Crippen molar-refractivity contribution in [3.05, 3.63) is 62.5 Å². The Kier molecular flexibility index (Phi) is 7.56. The summed E-state index contributed by atoms with van der Waals surface area (Å²) in [5, 5.41) is 13.4. The smallest absolute Gasteiger partial charge is 0.147 e. The van der Waals surface area contributed by atoms with E-state index in [1.165, 1.54) is 0 Å². The van der Waals surface area contributed by atoms with Crippen LogP contribution in [0.4, 0.5) is 0 Å². The monoisotopic (exact) mass is 441 g/mol. The van der Waals surface area contributed by atoms with Crippen LogP contribution >= 0.6 is 31.9 Å². The zero-order valence-electron chi connectivity index (χ0n) is 13.1. The van der Waals surface area contributed by atoms with Crippen LogP contribution in [0.15, 0.2) is 51.4 Å². The molecule has 0 spiro atoms. The van der Waals surface area contributed by atoms with Crippen LogP contribution in [0.25, 0.3) is 0 Å². The van der Waals surface area contributed by atoms with Gasteiger partial charge in [-0.3, -0.25) is 0 Å². The molecule has 2 N–H and O–H groups in total. The molecule has 1 atom stereocenters. The van der Waals surface area contributed by atoms with Gasteiger partial charge in [-0.2, -0.15) is 0 Å². The summed E-state index contributed by atoms with van der Waals surface area (Å²) < 4.78 is 7.58. The fourth-order valence-electron chi connectivity index (χ4n) is 2.20. The molecule has 2 aromatic rings. The van der Waals surface area contributed by atoms with Crippen LogP contribution in [-0.4, -0.2) is 18.3 Å². The first-order chi connectivity index (χ1) is 11.1. The molecule has 0 aliphatic rings. The number of aliphatic hydroxyl groups is 1. The van der Waals surface area contributed by atoms with E-state index in [9.17, 15) is 5.11 Å². The van der Waals surface area contributed by atoms with Crippen molar-refractivity contribution < 1.29 is 9.84 Å². The molecule has 0 aliphatic heterocycles. The molecule has 0 amide bonds. The minimum absolute atomic E-state index is 0.504. The standard InChI is InChI=1S/C18H21Br2NO2/c1-2-8-23-18-15(19)9-13(10-16(18)20)11-21-12-17(22)14-6-4-3-5-7-14/h3-7,9-10,17,21-22H,2,8,11-12H2,1H3. The third-order valence-electron chi connectivity index (χ3n) is 3.36. The highest BCUT2D eigenvalue weighted by Gasteiger charge is 2.10. The largest absolute Gasteiger partial charge is 0.491 e. The average Bonchev–Trinajstić information content (AvgIpc) is 2.55. The fraction of sp³-hybridized carbons (Fsp3) is 0.333. The van der Waals surface area contributed by atoms with E-state index in [4.69, 9.17) is 4.74 Å². The summed E-state index contributed by atoms with van der Waals surface area (Å²) in [6, 6.07) is 13.7. The third kappa shape index (κ3) is 5.60. The van der Waals surface area contributed by atoms with E-state index >= 15 is 0 Å². The summed E-state index contributed by atoms with van der Waals surface area (Å²) >= 11 is 7.11. The highest BCUT2D eigenvalue weighted by atomic mass is 79.9. The van der Waals surface area contributed by atoms with Gasteiger partial charge in [0, 0.05) is 13.1 Å². The predicted octanol–water partition coefficient (Wildman–Crippen LogP) is 4.82. The lowest BCUT2D eigenvalue weighted by Gasteiger charge is -2.14. The Morgan fingerprint density at radius 1 is 1.13 bits per heavy atom. The molecule has 2 rings (SSSR count). The van der Waals surface area contributed by atoms with E-state index in [-0.39, 0.29) is 0 Å².